The summed E-state index contributed by atoms with van der Waals surface area (Å²) in [6.07, 6.45) is 0.356. The van der Waals surface area contributed by atoms with E-state index in [-0.39, 0.29) is 17.4 Å². The lowest BCUT2D eigenvalue weighted by molar-refractivity contribution is -0.121. The van der Waals surface area contributed by atoms with Crippen molar-refractivity contribution in [3.63, 3.8) is 0 Å². The molecule has 0 unspecified atom stereocenters. The van der Waals surface area contributed by atoms with Crippen LogP contribution in [0.5, 0.6) is 5.75 Å². The van der Waals surface area contributed by atoms with Crippen molar-refractivity contribution in [2.24, 2.45) is 5.41 Å². The van der Waals surface area contributed by atoms with E-state index in [9.17, 15) is 4.79 Å². The van der Waals surface area contributed by atoms with Crippen LogP contribution in [0.1, 0.15) is 37.3 Å². The third-order valence-electron chi connectivity index (χ3n) is 3.50. The van der Waals surface area contributed by atoms with Crippen LogP contribution in [0.4, 0.5) is 0 Å². The highest BCUT2D eigenvalue weighted by atomic mass is 32.1. The molecule has 0 aliphatic rings. The molecule has 1 atom stereocenters. The Morgan fingerprint density at radius 1 is 1.27 bits per heavy atom. The molecule has 1 aromatic carbocycles. The fourth-order valence-corrected chi connectivity index (χ4v) is 3.37. The average molecular weight is 317 g/mol. The number of hydrogen-bond donors (Lipinski definition) is 1. The number of benzene rings is 1. The van der Waals surface area contributed by atoms with E-state index in [2.05, 4.69) is 32.2 Å². The number of ether oxygens (including phenoxy) is 1. The van der Waals surface area contributed by atoms with E-state index < -0.39 is 0 Å². The second-order valence-electron chi connectivity index (χ2n) is 6.41. The molecule has 4 heteroatoms. The van der Waals surface area contributed by atoms with Crippen molar-refractivity contribution >= 4 is 17.2 Å². The second kappa shape index (κ2) is 6.97. The Morgan fingerprint density at radius 3 is 2.64 bits per heavy atom. The molecule has 1 N–H and O–H groups in total. The van der Waals surface area contributed by atoms with Gasteiger partial charge in [-0.05, 0) is 34.6 Å². The van der Waals surface area contributed by atoms with Crippen molar-refractivity contribution in [1.82, 2.24) is 5.32 Å². The first-order chi connectivity index (χ1) is 10.4. The van der Waals surface area contributed by atoms with Crippen LogP contribution in [0.25, 0.3) is 0 Å². The average Bonchev–Trinajstić information content (AvgIpc) is 2.97. The van der Waals surface area contributed by atoms with Crippen LogP contribution in [-0.2, 0) is 11.2 Å². The quantitative estimate of drug-likeness (QED) is 0.897. The van der Waals surface area contributed by atoms with Crippen molar-refractivity contribution in [2.45, 2.75) is 33.2 Å². The Balaban J connectivity index is 2.08. The predicted octanol–water partition coefficient (Wildman–Crippen LogP) is 4.20. The Bertz CT molecular complexity index is 614. The summed E-state index contributed by atoms with van der Waals surface area (Å²) >= 11 is 1.68. The molecule has 1 aromatic heterocycles. The largest absolute Gasteiger partial charge is 0.497 e. The van der Waals surface area contributed by atoms with Crippen molar-refractivity contribution in [1.29, 1.82) is 0 Å². The molecule has 3 nitrogen and oxygen atoms in total. The lowest BCUT2D eigenvalue weighted by atomic mass is 9.85. The number of amides is 1. The molecule has 0 aliphatic carbocycles. The van der Waals surface area contributed by atoms with Crippen LogP contribution < -0.4 is 10.1 Å². The van der Waals surface area contributed by atoms with E-state index in [1.165, 1.54) is 4.88 Å². The van der Waals surface area contributed by atoms with Gasteiger partial charge in [-0.3, -0.25) is 4.79 Å². The SMILES string of the molecule is COc1cccc(CC(=O)N[C@H](c2cccs2)C(C)(C)C)c1. The summed E-state index contributed by atoms with van der Waals surface area (Å²) in [7, 11) is 1.63. The van der Waals surface area contributed by atoms with Crippen molar-refractivity contribution in [3.8, 4) is 5.75 Å². The van der Waals surface area contributed by atoms with Gasteiger partial charge in [0.2, 0.25) is 5.91 Å². The van der Waals surface area contributed by atoms with Crippen LogP contribution in [0.15, 0.2) is 41.8 Å². The van der Waals surface area contributed by atoms with Crippen molar-refractivity contribution < 1.29 is 9.53 Å². The summed E-state index contributed by atoms with van der Waals surface area (Å²) in [4.78, 5) is 13.6. The van der Waals surface area contributed by atoms with Gasteiger partial charge in [-0.1, -0.05) is 39.0 Å². The number of thiophene rings is 1. The predicted molar refractivity (Wildman–Crippen MR) is 91.4 cm³/mol. The molecule has 0 saturated carbocycles. The maximum Gasteiger partial charge on any atom is 0.224 e. The summed E-state index contributed by atoms with van der Waals surface area (Å²) < 4.78 is 5.20. The zero-order valence-electron chi connectivity index (χ0n) is 13.6. The minimum atomic E-state index is -0.0328. The molecule has 0 aliphatic heterocycles. The van der Waals surface area contributed by atoms with Gasteiger partial charge in [-0.15, -0.1) is 11.3 Å². The summed E-state index contributed by atoms with van der Waals surface area (Å²) in [5.74, 6) is 0.803. The van der Waals surface area contributed by atoms with Crippen molar-refractivity contribution in [3.05, 3.63) is 52.2 Å². The lowest BCUT2D eigenvalue weighted by Crippen LogP contribution is -2.37. The fourth-order valence-electron chi connectivity index (χ4n) is 2.35. The minimum Gasteiger partial charge on any atom is -0.497 e. The lowest BCUT2D eigenvalue weighted by Gasteiger charge is -2.30. The number of nitrogens with one attached hydrogen (secondary N) is 1. The molecule has 22 heavy (non-hydrogen) atoms. The Hall–Kier alpha value is -1.81. The highest BCUT2D eigenvalue weighted by Gasteiger charge is 2.28. The zero-order chi connectivity index (χ0) is 16.2. The highest BCUT2D eigenvalue weighted by Crippen LogP contribution is 2.35. The third kappa shape index (κ3) is 4.34. The first-order valence-corrected chi connectivity index (χ1v) is 8.24. The fraction of sp³-hybridized carbons (Fsp3) is 0.389. The summed E-state index contributed by atoms with van der Waals surface area (Å²) in [6.45, 7) is 6.43. The van der Waals surface area contributed by atoms with Crippen LogP contribution in [-0.4, -0.2) is 13.0 Å². The Labute approximate surface area is 136 Å². The molecule has 0 bridgehead atoms. The topological polar surface area (TPSA) is 38.3 Å². The van der Waals surface area contributed by atoms with Gasteiger partial charge in [0, 0.05) is 4.88 Å². The van der Waals surface area contributed by atoms with Gasteiger partial charge >= 0.3 is 0 Å². The molecular weight excluding hydrogens is 294 g/mol. The molecule has 0 spiro atoms. The van der Waals surface area contributed by atoms with Crippen LogP contribution in [0.2, 0.25) is 0 Å². The Morgan fingerprint density at radius 2 is 2.05 bits per heavy atom. The van der Waals surface area contributed by atoms with E-state index in [1.807, 2.05) is 35.7 Å². The number of rotatable bonds is 5. The van der Waals surface area contributed by atoms with Gasteiger partial charge in [-0.25, -0.2) is 0 Å². The smallest absolute Gasteiger partial charge is 0.224 e. The Kier molecular flexibility index (Phi) is 5.24. The second-order valence-corrected chi connectivity index (χ2v) is 7.39. The van der Waals surface area contributed by atoms with Gasteiger partial charge < -0.3 is 10.1 Å². The van der Waals surface area contributed by atoms with E-state index in [4.69, 9.17) is 4.74 Å². The summed E-state index contributed by atoms with van der Waals surface area (Å²) in [6, 6.07) is 11.7. The van der Waals surface area contributed by atoms with Gasteiger partial charge in [0.15, 0.2) is 0 Å². The molecule has 1 heterocycles. The summed E-state index contributed by atoms with van der Waals surface area (Å²) in [5.41, 5.74) is 0.921. The van der Waals surface area contributed by atoms with Gasteiger partial charge in [-0.2, -0.15) is 0 Å². The first kappa shape index (κ1) is 16.6. The monoisotopic (exact) mass is 317 g/mol. The van der Waals surface area contributed by atoms with Crippen LogP contribution >= 0.6 is 11.3 Å². The van der Waals surface area contributed by atoms with E-state index in [0.29, 0.717) is 6.42 Å². The van der Waals surface area contributed by atoms with Crippen molar-refractivity contribution in [2.75, 3.05) is 7.11 Å². The maximum atomic E-state index is 12.4. The summed E-state index contributed by atoms with van der Waals surface area (Å²) in [5, 5.41) is 5.22. The van der Waals surface area contributed by atoms with E-state index >= 15 is 0 Å². The number of hydrogen-bond acceptors (Lipinski definition) is 3. The number of methoxy groups -OCH3 is 1. The number of carbonyl (C=O) groups is 1. The van der Waals surface area contributed by atoms with E-state index in [1.54, 1.807) is 18.4 Å². The zero-order valence-corrected chi connectivity index (χ0v) is 14.4. The first-order valence-electron chi connectivity index (χ1n) is 7.36. The third-order valence-corrected chi connectivity index (χ3v) is 4.44. The molecule has 0 fully saturated rings. The number of carbonyl (C=O) groups excluding carboxylic acids is 1. The van der Waals surface area contributed by atoms with Gasteiger partial charge in [0.1, 0.15) is 5.75 Å². The standard InChI is InChI=1S/C18H23NO2S/c1-18(2,3)17(15-9-6-10-22-15)19-16(20)12-13-7-5-8-14(11-13)21-4/h5-11,17H,12H2,1-4H3,(H,19,20)/t17-/m1/s1. The molecule has 0 saturated heterocycles. The normalized spacial score (nSPS) is 12.7. The molecular formula is C18H23NO2S. The van der Waals surface area contributed by atoms with E-state index in [0.717, 1.165) is 11.3 Å². The van der Waals surface area contributed by atoms with Gasteiger partial charge in [0.25, 0.3) is 0 Å². The van der Waals surface area contributed by atoms with Crippen LogP contribution in [0, 0.1) is 5.41 Å². The maximum absolute atomic E-state index is 12.4. The van der Waals surface area contributed by atoms with Crippen LogP contribution in [0.3, 0.4) is 0 Å². The molecule has 0 radical (unpaired) electrons. The molecule has 2 aromatic rings. The highest BCUT2D eigenvalue weighted by molar-refractivity contribution is 7.10. The molecule has 1 amide bonds. The minimum absolute atomic E-state index is 0.0191. The van der Waals surface area contributed by atoms with Gasteiger partial charge in [0.05, 0.1) is 19.6 Å². The molecule has 2 rings (SSSR count). The molecule has 118 valence electrons.